The molecule has 0 bridgehead atoms. The number of carbonyl (C=O) groups is 1. The van der Waals surface area contributed by atoms with Gasteiger partial charge in [0.15, 0.2) is 5.69 Å². The van der Waals surface area contributed by atoms with Crippen LogP contribution in [-0.2, 0) is 7.05 Å². The summed E-state index contributed by atoms with van der Waals surface area (Å²) >= 11 is 0. The second kappa shape index (κ2) is 5.85. The minimum absolute atomic E-state index is 0.0243. The normalized spacial score (nSPS) is 19.7. The molecule has 1 aromatic heterocycles. The van der Waals surface area contributed by atoms with Crippen molar-refractivity contribution in [2.75, 3.05) is 13.2 Å². The first-order valence-electron chi connectivity index (χ1n) is 7.56. The fourth-order valence-electron chi connectivity index (χ4n) is 3.14. The van der Waals surface area contributed by atoms with E-state index in [1.807, 2.05) is 36.2 Å². The molecular weight excluding hydrogens is 266 g/mol. The molecule has 1 N–H and O–H groups in total. The summed E-state index contributed by atoms with van der Waals surface area (Å²) < 4.78 is 1.74. The van der Waals surface area contributed by atoms with E-state index in [9.17, 15) is 9.90 Å². The van der Waals surface area contributed by atoms with Gasteiger partial charge in [-0.1, -0.05) is 31.0 Å². The first kappa shape index (κ1) is 14.1. The van der Waals surface area contributed by atoms with Gasteiger partial charge >= 0.3 is 0 Å². The molecule has 5 heteroatoms. The third-order valence-corrected chi connectivity index (χ3v) is 4.31. The standard InChI is InChI=1S/C16H21N3O2/c1-18-14-9-5-4-8-13(14)15(17-18)16(21)19-10-6-2-3-7-12(19)11-20/h4-5,8-9,12,20H,2-3,6-7,10-11H2,1H3. The fraction of sp³-hybridized carbons (Fsp3) is 0.500. The summed E-state index contributed by atoms with van der Waals surface area (Å²) in [5, 5.41) is 14.9. The van der Waals surface area contributed by atoms with Crippen molar-refractivity contribution in [3.8, 4) is 0 Å². The van der Waals surface area contributed by atoms with E-state index in [2.05, 4.69) is 5.10 Å². The summed E-state index contributed by atoms with van der Waals surface area (Å²) in [7, 11) is 1.85. The molecule has 21 heavy (non-hydrogen) atoms. The van der Waals surface area contributed by atoms with Gasteiger partial charge in [-0.15, -0.1) is 0 Å². The number of aryl methyl sites for hydroxylation is 1. The molecule has 2 aromatic rings. The van der Waals surface area contributed by atoms with E-state index in [1.54, 1.807) is 4.68 Å². The highest BCUT2D eigenvalue weighted by Gasteiger charge is 2.28. The Hall–Kier alpha value is -1.88. The van der Waals surface area contributed by atoms with Crippen molar-refractivity contribution < 1.29 is 9.90 Å². The summed E-state index contributed by atoms with van der Waals surface area (Å²) in [6, 6.07) is 7.68. The lowest BCUT2D eigenvalue weighted by atomic mass is 10.1. The average Bonchev–Trinajstić information content (AvgIpc) is 2.71. The largest absolute Gasteiger partial charge is 0.394 e. The van der Waals surface area contributed by atoms with Crippen molar-refractivity contribution in [3.05, 3.63) is 30.0 Å². The van der Waals surface area contributed by atoms with Gasteiger partial charge in [0.2, 0.25) is 0 Å². The highest BCUT2D eigenvalue weighted by Crippen LogP contribution is 2.23. The molecule has 1 atom stereocenters. The van der Waals surface area contributed by atoms with Crippen LogP contribution in [0.1, 0.15) is 36.2 Å². The number of fused-ring (bicyclic) bond motifs is 1. The number of hydrogen-bond acceptors (Lipinski definition) is 3. The second-order valence-corrected chi connectivity index (χ2v) is 5.67. The molecule has 0 radical (unpaired) electrons. The van der Waals surface area contributed by atoms with E-state index in [-0.39, 0.29) is 18.6 Å². The topological polar surface area (TPSA) is 58.4 Å². The Morgan fingerprint density at radius 3 is 2.95 bits per heavy atom. The molecule has 1 fully saturated rings. The van der Waals surface area contributed by atoms with Crippen LogP contribution in [0.4, 0.5) is 0 Å². The number of nitrogens with zero attached hydrogens (tertiary/aromatic N) is 3. The van der Waals surface area contributed by atoms with Crippen molar-refractivity contribution in [1.29, 1.82) is 0 Å². The van der Waals surface area contributed by atoms with Crippen LogP contribution >= 0.6 is 0 Å². The van der Waals surface area contributed by atoms with E-state index in [0.717, 1.165) is 36.6 Å². The van der Waals surface area contributed by atoms with Crippen LogP contribution in [0.5, 0.6) is 0 Å². The van der Waals surface area contributed by atoms with Crippen LogP contribution in [0.2, 0.25) is 0 Å². The predicted molar refractivity (Wildman–Crippen MR) is 81.1 cm³/mol. The van der Waals surface area contributed by atoms with E-state index < -0.39 is 0 Å². The van der Waals surface area contributed by atoms with Gasteiger partial charge in [0.1, 0.15) is 0 Å². The SMILES string of the molecule is Cn1nc(C(=O)N2CCCCCC2CO)c2ccccc21. The van der Waals surface area contributed by atoms with E-state index in [0.29, 0.717) is 12.2 Å². The predicted octanol–water partition coefficient (Wildman–Crippen LogP) is 1.95. The number of benzene rings is 1. The summed E-state index contributed by atoms with van der Waals surface area (Å²) in [5.41, 5.74) is 1.45. The average molecular weight is 287 g/mol. The molecule has 0 aliphatic carbocycles. The molecule has 2 heterocycles. The van der Waals surface area contributed by atoms with E-state index >= 15 is 0 Å². The Kier molecular flexibility index (Phi) is 3.92. The first-order chi connectivity index (χ1) is 10.2. The first-order valence-corrected chi connectivity index (χ1v) is 7.56. The highest BCUT2D eigenvalue weighted by molar-refractivity contribution is 6.05. The monoisotopic (exact) mass is 287 g/mol. The second-order valence-electron chi connectivity index (χ2n) is 5.67. The van der Waals surface area contributed by atoms with Gasteiger partial charge in [-0.3, -0.25) is 9.48 Å². The van der Waals surface area contributed by atoms with Crippen LogP contribution in [0.3, 0.4) is 0 Å². The van der Waals surface area contributed by atoms with Gasteiger partial charge in [-0.05, 0) is 18.9 Å². The summed E-state index contributed by atoms with van der Waals surface area (Å²) in [6.45, 7) is 0.728. The highest BCUT2D eigenvalue weighted by atomic mass is 16.3. The van der Waals surface area contributed by atoms with Gasteiger partial charge in [0.25, 0.3) is 5.91 Å². The Balaban J connectivity index is 1.99. The maximum absolute atomic E-state index is 12.9. The maximum atomic E-state index is 12.9. The third-order valence-electron chi connectivity index (χ3n) is 4.31. The van der Waals surface area contributed by atoms with Crippen molar-refractivity contribution in [1.82, 2.24) is 14.7 Å². The van der Waals surface area contributed by atoms with Gasteiger partial charge in [0.05, 0.1) is 18.2 Å². The minimum atomic E-state index is -0.0826. The number of aliphatic hydroxyl groups excluding tert-OH is 1. The smallest absolute Gasteiger partial charge is 0.275 e. The van der Waals surface area contributed by atoms with E-state index in [1.165, 1.54) is 0 Å². The van der Waals surface area contributed by atoms with Crippen molar-refractivity contribution in [3.63, 3.8) is 0 Å². The number of amides is 1. The number of hydrogen-bond donors (Lipinski definition) is 1. The Morgan fingerprint density at radius 2 is 2.14 bits per heavy atom. The Morgan fingerprint density at radius 1 is 1.33 bits per heavy atom. The maximum Gasteiger partial charge on any atom is 0.275 e. The molecule has 112 valence electrons. The van der Waals surface area contributed by atoms with Crippen molar-refractivity contribution in [2.45, 2.75) is 31.7 Å². The fourth-order valence-corrected chi connectivity index (χ4v) is 3.14. The number of aliphatic hydroxyl groups is 1. The molecule has 1 aliphatic rings. The molecule has 5 nitrogen and oxygen atoms in total. The molecule has 1 aromatic carbocycles. The molecule has 0 spiro atoms. The third kappa shape index (κ3) is 2.53. The van der Waals surface area contributed by atoms with Crippen LogP contribution in [0.15, 0.2) is 24.3 Å². The van der Waals surface area contributed by atoms with Crippen molar-refractivity contribution >= 4 is 16.8 Å². The molecule has 3 rings (SSSR count). The zero-order valence-electron chi connectivity index (χ0n) is 12.3. The lowest BCUT2D eigenvalue weighted by molar-refractivity contribution is 0.0595. The molecule has 1 unspecified atom stereocenters. The van der Waals surface area contributed by atoms with Gasteiger partial charge in [0, 0.05) is 19.0 Å². The summed E-state index contributed by atoms with van der Waals surface area (Å²) in [6.07, 6.45) is 4.04. The van der Waals surface area contributed by atoms with Crippen LogP contribution < -0.4 is 0 Å². The quantitative estimate of drug-likeness (QED) is 0.918. The number of rotatable bonds is 2. The minimum Gasteiger partial charge on any atom is -0.394 e. The van der Waals surface area contributed by atoms with Gasteiger partial charge in [-0.2, -0.15) is 5.10 Å². The number of likely N-dealkylation sites (tertiary alicyclic amines) is 1. The Bertz CT molecular complexity index is 650. The lowest BCUT2D eigenvalue weighted by Gasteiger charge is -2.28. The molecule has 1 saturated heterocycles. The molecule has 1 amide bonds. The zero-order valence-corrected chi connectivity index (χ0v) is 12.3. The number of para-hydroxylation sites is 1. The summed E-state index contributed by atoms with van der Waals surface area (Å²) in [5.74, 6) is -0.0623. The van der Waals surface area contributed by atoms with Crippen LogP contribution in [-0.4, -0.2) is 44.9 Å². The number of carbonyl (C=O) groups excluding carboxylic acids is 1. The van der Waals surface area contributed by atoms with E-state index in [4.69, 9.17) is 0 Å². The number of aromatic nitrogens is 2. The Labute approximate surface area is 124 Å². The molecule has 1 aliphatic heterocycles. The summed E-state index contributed by atoms with van der Waals surface area (Å²) in [4.78, 5) is 14.7. The van der Waals surface area contributed by atoms with Crippen LogP contribution in [0, 0.1) is 0 Å². The lowest BCUT2D eigenvalue weighted by Crippen LogP contribution is -2.42. The van der Waals surface area contributed by atoms with Gasteiger partial charge < -0.3 is 10.0 Å². The van der Waals surface area contributed by atoms with Gasteiger partial charge in [-0.25, -0.2) is 0 Å². The zero-order chi connectivity index (χ0) is 14.8. The molecule has 0 saturated carbocycles. The molecular formula is C16H21N3O2. The van der Waals surface area contributed by atoms with Crippen LogP contribution in [0.25, 0.3) is 10.9 Å². The van der Waals surface area contributed by atoms with Crippen molar-refractivity contribution in [2.24, 2.45) is 7.05 Å².